The van der Waals surface area contributed by atoms with E-state index in [1.165, 1.54) is 0 Å². The largest absolute Gasteiger partial charge is 0.481 e. The zero-order chi connectivity index (χ0) is 33.4. The van der Waals surface area contributed by atoms with Gasteiger partial charge in [-0.1, -0.05) is 0 Å². The molecule has 0 aromatic carbocycles. The number of H-pyrrole nitrogens is 2. The molecule has 5 heterocycles. The van der Waals surface area contributed by atoms with E-state index in [0.29, 0.717) is 29.9 Å². The molecule has 3 aromatic heterocycles. The first-order valence-corrected chi connectivity index (χ1v) is 15.7. The number of rotatable bonds is 10. The third kappa shape index (κ3) is 6.27. The maximum Gasteiger partial charge on any atom is 0.303 e. The second kappa shape index (κ2) is 13.1. The standard InChI is InChI=1S/C36H42N4O6/c1-8-46-22(7)36-20(5)27-13-25-17(2)23(9-11-33(42)43)29(37-25)16-30-24(10-12-34(44)45)18(3)26(38-30)14-31-35(21(6)41)19(4)28(39-31)15-32(36)40-27/h13-16,21-22,38-39,41H,8-12H2,1-7H3,(H,42,43)(H,44,45). The average molecular weight is 627 g/mol. The van der Waals surface area contributed by atoms with E-state index in [4.69, 9.17) is 14.7 Å². The smallest absolute Gasteiger partial charge is 0.303 e. The molecule has 2 atom stereocenters. The Balaban J connectivity index is 1.94. The SMILES string of the molecule is CCOC(C)C1=C(C)c2cc3nc(cc4[nH]c(cc5[nH]c(cc1n2)c(C)c5C(C)O)c(C)c4CCC(=O)O)C(CCC(=O)O)=C3C. The van der Waals surface area contributed by atoms with Crippen LogP contribution in [0, 0.1) is 13.8 Å². The third-order valence-corrected chi connectivity index (χ3v) is 9.05. The lowest BCUT2D eigenvalue weighted by molar-refractivity contribution is -0.137. The van der Waals surface area contributed by atoms with Crippen molar-refractivity contribution in [2.24, 2.45) is 0 Å². The molecule has 0 radical (unpaired) electrons. The molecule has 10 nitrogen and oxygen atoms in total. The van der Waals surface area contributed by atoms with Crippen LogP contribution in [0.5, 0.6) is 0 Å². The molecule has 0 spiro atoms. The Hall–Kier alpha value is -4.54. The van der Waals surface area contributed by atoms with Gasteiger partial charge in [-0.05, 0) is 119 Å². The number of aliphatic hydroxyl groups is 1. The van der Waals surface area contributed by atoms with Crippen molar-refractivity contribution in [3.63, 3.8) is 0 Å². The number of carbonyl (C=O) groups is 2. The summed E-state index contributed by atoms with van der Waals surface area (Å²) in [7, 11) is 0. The number of carboxylic acid groups (broad SMARTS) is 2. The number of nitrogens with one attached hydrogen (secondary N) is 2. The number of ether oxygens (including phenoxy) is 1. The van der Waals surface area contributed by atoms with E-state index < -0.39 is 18.0 Å². The van der Waals surface area contributed by atoms with Crippen molar-refractivity contribution in [1.29, 1.82) is 0 Å². The van der Waals surface area contributed by atoms with Crippen LogP contribution in [0.15, 0.2) is 24.3 Å². The van der Waals surface area contributed by atoms with Crippen molar-refractivity contribution >= 4 is 56.3 Å². The number of fused-ring (bicyclic) bond motifs is 8. The van der Waals surface area contributed by atoms with E-state index in [1.807, 2.05) is 65.8 Å². The molecule has 10 heteroatoms. The summed E-state index contributed by atoms with van der Waals surface area (Å²) in [6, 6.07) is 7.77. The number of aryl methyl sites for hydroxylation is 3. The highest BCUT2D eigenvalue weighted by Gasteiger charge is 2.25. The van der Waals surface area contributed by atoms with Crippen molar-refractivity contribution in [1.82, 2.24) is 19.9 Å². The molecule has 46 heavy (non-hydrogen) atoms. The fraction of sp³-hybridized carbons (Fsp3) is 0.389. The third-order valence-electron chi connectivity index (χ3n) is 9.05. The monoisotopic (exact) mass is 626 g/mol. The van der Waals surface area contributed by atoms with Gasteiger partial charge in [-0.2, -0.15) is 0 Å². The van der Waals surface area contributed by atoms with Crippen molar-refractivity contribution in [2.45, 2.75) is 86.4 Å². The number of aliphatic carboxylic acids is 2. The van der Waals surface area contributed by atoms with Gasteiger partial charge in [0, 0.05) is 52.7 Å². The molecule has 0 saturated carbocycles. The van der Waals surface area contributed by atoms with E-state index in [9.17, 15) is 24.9 Å². The number of carboxylic acids is 2. The second-order valence-electron chi connectivity index (χ2n) is 12.1. The summed E-state index contributed by atoms with van der Waals surface area (Å²) in [6.07, 6.45) is -0.501. The molecular formula is C36H42N4O6. The first-order valence-electron chi connectivity index (χ1n) is 15.7. The molecule has 2 unspecified atom stereocenters. The Labute approximate surface area is 267 Å². The predicted octanol–water partition coefficient (Wildman–Crippen LogP) is 7.15. The molecule has 5 N–H and O–H groups in total. The molecule has 0 aliphatic carbocycles. The molecule has 0 saturated heterocycles. The molecule has 0 fully saturated rings. The molecule has 242 valence electrons. The van der Waals surface area contributed by atoms with E-state index >= 15 is 0 Å². The van der Waals surface area contributed by atoms with E-state index in [1.54, 1.807) is 6.92 Å². The first-order chi connectivity index (χ1) is 21.8. The molecule has 8 bridgehead atoms. The number of aliphatic hydroxyl groups excluding tert-OH is 1. The summed E-state index contributed by atoms with van der Waals surface area (Å²) < 4.78 is 6.04. The topological polar surface area (TPSA) is 161 Å². The number of hydrogen-bond acceptors (Lipinski definition) is 6. The number of hydrogen-bond donors (Lipinski definition) is 5. The van der Waals surface area contributed by atoms with Gasteiger partial charge in [0.25, 0.3) is 0 Å². The molecular weight excluding hydrogens is 584 g/mol. The predicted molar refractivity (Wildman–Crippen MR) is 180 cm³/mol. The second-order valence-corrected chi connectivity index (χ2v) is 12.1. The molecule has 2 aliphatic rings. The Bertz CT molecular complexity index is 1960. The minimum Gasteiger partial charge on any atom is -0.481 e. The molecule has 3 aromatic rings. The number of aromatic nitrogens is 4. The summed E-state index contributed by atoms with van der Waals surface area (Å²) in [4.78, 5) is 40.3. The van der Waals surface area contributed by atoms with Gasteiger partial charge < -0.3 is 30.0 Å². The highest BCUT2D eigenvalue weighted by atomic mass is 16.5. The highest BCUT2D eigenvalue weighted by Crippen LogP contribution is 2.38. The van der Waals surface area contributed by atoms with E-state index in [2.05, 4.69) is 9.97 Å². The number of allylic oxidation sites excluding steroid dienone is 3. The van der Waals surface area contributed by atoms with E-state index in [-0.39, 0.29) is 25.4 Å². The molecule has 0 amide bonds. The van der Waals surface area contributed by atoms with Gasteiger partial charge in [-0.15, -0.1) is 0 Å². The van der Waals surface area contributed by atoms with Crippen LogP contribution in [0.2, 0.25) is 0 Å². The Morgan fingerprint density at radius 2 is 1.35 bits per heavy atom. The van der Waals surface area contributed by atoms with Crippen molar-refractivity contribution in [3.05, 3.63) is 69.3 Å². The Morgan fingerprint density at radius 1 is 0.761 bits per heavy atom. The quantitative estimate of drug-likeness (QED) is 0.158. The van der Waals surface area contributed by atoms with Gasteiger partial charge in [0.2, 0.25) is 0 Å². The zero-order valence-electron chi connectivity index (χ0n) is 27.5. The first kappa shape index (κ1) is 32.8. The minimum absolute atomic E-state index is 0.0521. The van der Waals surface area contributed by atoms with Crippen LogP contribution in [0.25, 0.3) is 44.4 Å². The fourth-order valence-electron chi connectivity index (χ4n) is 6.63. The van der Waals surface area contributed by atoms with Crippen LogP contribution in [0.1, 0.15) is 105 Å². The summed E-state index contributed by atoms with van der Waals surface area (Å²) in [5, 5.41) is 29.9. The molecule has 5 rings (SSSR count). The lowest BCUT2D eigenvalue weighted by Crippen LogP contribution is -2.10. The lowest BCUT2D eigenvalue weighted by atomic mass is 9.99. The van der Waals surface area contributed by atoms with Crippen LogP contribution >= 0.6 is 0 Å². The van der Waals surface area contributed by atoms with Crippen LogP contribution < -0.4 is 0 Å². The Morgan fingerprint density at radius 3 is 2.00 bits per heavy atom. The van der Waals surface area contributed by atoms with Gasteiger partial charge >= 0.3 is 11.9 Å². The van der Waals surface area contributed by atoms with Crippen LogP contribution in [0.4, 0.5) is 0 Å². The minimum atomic E-state index is -0.900. The van der Waals surface area contributed by atoms with Crippen molar-refractivity contribution in [2.75, 3.05) is 6.61 Å². The van der Waals surface area contributed by atoms with Gasteiger partial charge in [-0.3, -0.25) is 9.59 Å². The number of aromatic amines is 2. The lowest BCUT2D eigenvalue weighted by Gasteiger charge is -2.14. The highest BCUT2D eigenvalue weighted by molar-refractivity contribution is 5.96. The van der Waals surface area contributed by atoms with Crippen molar-refractivity contribution < 1.29 is 29.6 Å². The van der Waals surface area contributed by atoms with E-state index in [0.717, 1.165) is 72.5 Å². The maximum atomic E-state index is 11.6. The average Bonchev–Trinajstić information content (AvgIpc) is 3.64. The Kier molecular flexibility index (Phi) is 9.32. The zero-order valence-corrected chi connectivity index (χ0v) is 27.5. The van der Waals surface area contributed by atoms with Crippen molar-refractivity contribution in [3.8, 4) is 0 Å². The normalized spacial score (nSPS) is 14.6. The maximum absolute atomic E-state index is 11.6. The fourth-order valence-corrected chi connectivity index (χ4v) is 6.63. The summed E-state index contributed by atoms with van der Waals surface area (Å²) in [6.45, 7) is 14.1. The van der Waals surface area contributed by atoms with Crippen LogP contribution in [0.3, 0.4) is 0 Å². The van der Waals surface area contributed by atoms with Gasteiger partial charge in [-0.25, -0.2) is 9.97 Å². The molecule has 2 aliphatic heterocycles. The summed E-state index contributed by atoms with van der Waals surface area (Å²) in [5.74, 6) is -1.80. The van der Waals surface area contributed by atoms with Gasteiger partial charge in [0.15, 0.2) is 0 Å². The van der Waals surface area contributed by atoms with Gasteiger partial charge in [0.05, 0.1) is 35.0 Å². The summed E-state index contributed by atoms with van der Waals surface area (Å²) in [5.41, 5.74) is 12.8. The van der Waals surface area contributed by atoms with Crippen LogP contribution in [-0.4, -0.2) is 59.9 Å². The van der Waals surface area contributed by atoms with Gasteiger partial charge in [0.1, 0.15) is 0 Å². The summed E-state index contributed by atoms with van der Waals surface area (Å²) >= 11 is 0. The van der Waals surface area contributed by atoms with Crippen LogP contribution in [-0.2, 0) is 20.7 Å². The number of nitrogens with zero attached hydrogens (tertiary/aromatic N) is 2.